The number of hydrogen-bond acceptors (Lipinski definition) is 8. The summed E-state index contributed by atoms with van der Waals surface area (Å²) in [5.74, 6) is 1.02. The third-order valence-corrected chi connectivity index (χ3v) is 4.76. The first-order valence-electron chi connectivity index (χ1n) is 10.9. The van der Waals surface area contributed by atoms with Crippen LogP contribution < -0.4 is 15.7 Å². The van der Waals surface area contributed by atoms with E-state index in [2.05, 4.69) is 20.3 Å². The Morgan fingerprint density at radius 1 is 1.12 bits per heavy atom. The van der Waals surface area contributed by atoms with Crippen LogP contribution in [0.15, 0.2) is 35.4 Å². The zero-order chi connectivity index (χ0) is 22.9. The summed E-state index contributed by atoms with van der Waals surface area (Å²) < 4.78 is 17.9. The molecular weight excluding hydrogens is 410 g/mol. The fourth-order valence-electron chi connectivity index (χ4n) is 3.20. The second kappa shape index (κ2) is 11.5. The van der Waals surface area contributed by atoms with Gasteiger partial charge in [0.05, 0.1) is 49.6 Å². The molecule has 0 aliphatic rings. The minimum Gasteiger partial charge on any atom is -0.481 e. The quantitative estimate of drug-likeness (QED) is 0.428. The second-order valence-electron chi connectivity index (χ2n) is 7.53. The molecule has 3 heterocycles. The van der Waals surface area contributed by atoms with Gasteiger partial charge in [-0.05, 0) is 32.4 Å². The smallest absolute Gasteiger partial charge is 0.350 e. The van der Waals surface area contributed by atoms with Crippen LogP contribution in [0.5, 0.6) is 5.88 Å². The van der Waals surface area contributed by atoms with Crippen LogP contribution in [0.3, 0.4) is 0 Å². The van der Waals surface area contributed by atoms with Gasteiger partial charge in [-0.3, -0.25) is 9.55 Å². The molecule has 0 atom stereocenters. The number of nitrogens with one attached hydrogen (secondary N) is 1. The van der Waals surface area contributed by atoms with Crippen LogP contribution in [0.4, 0.5) is 5.82 Å². The summed E-state index contributed by atoms with van der Waals surface area (Å²) in [4.78, 5) is 26.0. The number of hydrogen-bond donors (Lipinski definition) is 1. The van der Waals surface area contributed by atoms with Crippen LogP contribution >= 0.6 is 0 Å². The molecule has 32 heavy (non-hydrogen) atoms. The first-order chi connectivity index (χ1) is 15.5. The number of ether oxygens (including phenoxy) is 3. The average Bonchev–Trinajstić information content (AvgIpc) is 2.80. The molecule has 1 N–H and O–H groups in total. The molecule has 0 aliphatic heterocycles. The molecule has 0 saturated heterocycles. The molecule has 0 aromatic carbocycles. The van der Waals surface area contributed by atoms with E-state index in [1.165, 1.54) is 0 Å². The molecule has 3 aromatic rings. The molecule has 9 nitrogen and oxygen atoms in total. The highest BCUT2D eigenvalue weighted by atomic mass is 16.5. The van der Waals surface area contributed by atoms with Crippen molar-refractivity contribution in [2.24, 2.45) is 0 Å². The number of rotatable bonds is 12. The first-order valence-corrected chi connectivity index (χ1v) is 10.9. The maximum Gasteiger partial charge on any atom is 0.350 e. The lowest BCUT2D eigenvalue weighted by Crippen LogP contribution is -2.27. The van der Waals surface area contributed by atoms with Crippen molar-refractivity contribution < 1.29 is 14.2 Å². The van der Waals surface area contributed by atoms with Crippen molar-refractivity contribution in [1.82, 2.24) is 19.5 Å². The van der Waals surface area contributed by atoms with E-state index in [0.717, 1.165) is 22.9 Å². The Bertz CT molecular complexity index is 1070. The Kier molecular flexibility index (Phi) is 8.52. The van der Waals surface area contributed by atoms with Gasteiger partial charge in [0.1, 0.15) is 5.82 Å². The van der Waals surface area contributed by atoms with Gasteiger partial charge in [0, 0.05) is 37.2 Å². The van der Waals surface area contributed by atoms with Gasteiger partial charge < -0.3 is 19.5 Å². The molecule has 0 amide bonds. The topological polar surface area (TPSA) is 100 Å². The normalized spacial score (nSPS) is 11.3. The largest absolute Gasteiger partial charge is 0.481 e. The maximum atomic E-state index is 12.9. The molecule has 0 saturated carbocycles. The van der Waals surface area contributed by atoms with E-state index >= 15 is 0 Å². The lowest BCUT2D eigenvalue weighted by atomic mass is 10.1. The Balaban J connectivity index is 1.97. The Morgan fingerprint density at radius 2 is 1.97 bits per heavy atom. The fraction of sp³-hybridized carbons (Fsp3) is 0.478. The van der Waals surface area contributed by atoms with Crippen molar-refractivity contribution in [3.63, 3.8) is 0 Å². The summed E-state index contributed by atoms with van der Waals surface area (Å²) in [6.45, 7) is 8.55. The molecule has 3 aromatic heterocycles. The van der Waals surface area contributed by atoms with Gasteiger partial charge in [-0.15, -0.1) is 0 Å². The van der Waals surface area contributed by atoms with Crippen molar-refractivity contribution in [2.45, 2.75) is 39.8 Å². The van der Waals surface area contributed by atoms with E-state index in [1.807, 2.05) is 32.9 Å². The van der Waals surface area contributed by atoms with Crippen molar-refractivity contribution in [3.05, 3.63) is 41.1 Å². The first kappa shape index (κ1) is 23.6. The van der Waals surface area contributed by atoms with Crippen molar-refractivity contribution >= 4 is 16.7 Å². The van der Waals surface area contributed by atoms with Gasteiger partial charge >= 0.3 is 5.69 Å². The highest BCUT2D eigenvalue weighted by Gasteiger charge is 2.13. The summed E-state index contributed by atoms with van der Waals surface area (Å²) >= 11 is 0. The molecule has 0 fully saturated rings. The summed E-state index contributed by atoms with van der Waals surface area (Å²) in [7, 11) is 1.57. The van der Waals surface area contributed by atoms with E-state index in [-0.39, 0.29) is 11.8 Å². The van der Waals surface area contributed by atoms with Crippen molar-refractivity contribution in [3.8, 4) is 17.1 Å². The summed E-state index contributed by atoms with van der Waals surface area (Å²) in [5.41, 5.74) is 1.93. The van der Waals surface area contributed by atoms with Crippen LogP contribution in [0.25, 0.3) is 22.2 Å². The summed E-state index contributed by atoms with van der Waals surface area (Å²) in [6, 6.07) is 5.55. The predicted molar refractivity (Wildman–Crippen MR) is 124 cm³/mol. The molecule has 0 bridgehead atoms. The lowest BCUT2D eigenvalue weighted by molar-refractivity contribution is 0.0870. The minimum atomic E-state index is -0.338. The monoisotopic (exact) mass is 441 g/mol. The number of fused-ring (bicyclic) bond motifs is 1. The van der Waals surface area contributed by atoms with E-state index in [9.17, 15) is 4.79 Å². The lowest BCUT2D eigenvalue weighted by Gasteiger charge is -2.15. The maximum absolute atomic E-state index is 12.9. The molecule has 0 unspecified atom stereocenters. The number of nitrogens with zero attached hydrogens (tertiary/aromatic N) is 4. The van der Waals surface area contributed by atoms with Gasteiger partial charge in [0.15, 0.2) is 0 Å². The average molecular weight is 442 g/mol. The van der Waals surface area contributed by atoms with E-state index in [0.29, 0.717) is 50.3 Å². The molecule has 0 aliphatic carbocycles. The standard InChI is InChI=1S/C23H31N5O4/c1-5-10-31-12-9-28-20-13-19(17-6-7-21(30-4)26-14-17)25-15-18(20)22(27-23(28)29)24-8-11-32-16(2)3/h6-7,13-16H,5,8-12H2,1-4H3,(H,24,27,29). The molecule has 0 spiro atoms. The Hall–Kier alpha value is -3.04. The highest BCUT2D eigenvalue weighted by Crippen LogP contribution is 2.25. The zero-order valence-corrected chi connectivity index (χ0v) is 19.1. The third-order valence-electron chi connectivity index (χ3n) is 4.76. The molecular formula is C23H31N5O4. The third kappa shape index (κ3) is 6.02. The fourth-order valence-corrected chi connectivity index (χ4v) is 3.20. The highest BCUT2D eigenvalue weighted by molar-refractivity contribution is 5.90. The van der Waals surface area contributed by atoms with Gasteiger partial charge in [-0.25, -0.2) is 9.78 Å². The summed E-state index contributed by atoms with van der Waals surface area (Å²) in [5, 5.41) is 3.97. The van der Waals surface area contributed by atoms with Gasteiger partial charge in [0.25, 0.3) is 0 Å². The van der Waals surface area contributed by atoms with E-state index in [4.69, 9.17) is 14.2 Å². The van der Waals surface area contributed by atoms with E-state index < -0.39 is 0 Å². The predicted octanol–water partition coefficient (Wildman–Crippen LogP) is 3.13. The van der Waals surface area contributed by atoms with Crippen molar-refractivity contribution in [2.75, 3.05) is 38.8 Å². The van der Waals surface area contributed by atoms with Gasteiger partial charge in [-0.2, -0.15) is 4.98 Å². The number of pyridine rings is 2. The van der Waals surface area contributed by atoms with Crippen molar-refractivity contribution in [1.29, 1.82) is 0 Å². The van der Waals surface area contributed by atoms with Crippen LogP contribution in [0, 0.1) is 0 Å². The molecule has 0 radical (unpaired) electrons. The summed E-state index contributed by atoms with van der Waals surface area (Å²) in [6.07, 6.45) is 4.49. The second-order valence-corrected chi connectivity index (χ2v) is 7.53. The van der Waals surface area contributed by atoms with Gasteiger partial charge in [0.2, 0.25) is 5.88 Å². The SMILES string of the molecule is CCCOCCn1c(=O)nc(NCCOC(C)C)c2cnc(-c3ccc(OC)nc3)cc21. The van der Waals surface area contributed by atoms with E-state index in [1.54, 1.807) is 30.1 Å². The van der Waals surface area contributed by atoms with Crippen LogP contribution in [0.2, 0.25) is 0 Å². The zero-order valence-electron chi connectivity index (χ0n) is 19.1. The minimum absolute atomic E-state index is 0.139. The Labute approximate surface area is 187 Å². The Morgan fingerprint density at radius 3 is 2.66 bits per heavy atom. The van der Waals surface area contributed by atoms with Gasteiger partial charge in [-0.1, -0.05) is 6.92 Å². The number of methoxy groups -OCH3 is 1. The number of aromatic nitrogens is 4. The van der Waals surface area contributed by atoms with Crippen LogP contribution in [-0.4, -0.2) is 59.1 Å². The van der Waals surface area contributed by atoms with Crippen LogP contribution in [-0.2, 0) is 16.0 Å². The molecule has 172 valence electrons. The molecule has 3 rings (SSSR count). The number of anilines is 1. The van der Waals surface area contributed by atoms with Crippen LogP contribution in [0.1, 0.15) is 27.2 Å². The molecule has 9 heteroatoms.